The van der Waals surface area contributed by atoms with Crippen molar-refractivity contribution in [3.63, 3.8) is 0 Å². The molecule has 1 aromatic rings. The van der Waals surface area contributed by atoms with Gasteiger partial charge >= 0.3 is 0 Å². The van der Waals surface area contributed by atoms with Crippen LogP contribution in [-0.4, -0.2) is 47.5 Å². The Balaban J connectivity index is 1.92. The van der Waals surface area contributed by atoms with E-state index in [0.717, 1.165) is 19.4 Å². The third kappa shape index (κ3) is 5.38. The Morgan fingerprint density at radius 1 is 1.55 bits per heavy atom. The van der Waals surface area contributed by atoms with E-state index in [9.17, 15) is 9.59 Å². The number of hydrogen-bond donors (Lipinski definition) is 1. The van der Waals surface area contributed by atoms with Gasteiger partial charge in [-0.1, -0.05) is 13.8 Å². The van der Waals surface area contributed by atoms with Crippen LogP contribution in [-0.2, 0) is 14.3 Å². The van der Waals surface area contributed by atoms with Gasteiger partial charge in [-0.2, -0.15) is 0 Å². The molecule has 0 unspecified atom stereocenters. The molecule has 2 amide bonds. The molecule has 7 heteroatoms. The maximum absolute atomic E-state index is 12.4. The number of ether oxygens (including phenoxy) is 1. The monoisotopic (exact) mass is 325 g/mol. The summed E-state index contributed by atoms with van der Waals surface area (Å²) in [6.45, 7) is 5.26. The van der Waals surface area contributed by atoms with Gasteiger partial charge in [0.1, 0.15) is 6.54 Å². The predicted molar refractivity (Wildman–Crippen MR) is 85.8 cm³/mol. The highest BCUT2D eigenvalue weighted by Crippen LogP contribution is 2.15. The Morgan fingerprint density at radius 3 is 2.95 bits per heavy atom. The minimum absolute atomic E-state index is 0.000196. The molecular weight excluding hydrogens is 302 g/mol. The van der Waals surface area contributed by atoms with Crippen LogP contribution < -0.4 is 5.32 Å². The number of carbonyl (C=O) groups excluding carboxylic acids is 2. The lowest BCUT2D eigenvalue weighted by Crippen LogP contribution is -2.42. The summed E-state index contributed by atoms with van der Waals surface area (Å²) < 4.78 is 5.59. The van der Waals surface area contributed by atoms with E-state index in [-0.39, 0.29) is 30.4 Å². The molecular formula is C15H23N3O3S. The molecule has 1 aliphatic rings. The highest BCUT2D eigenvalue weighted by molar-refractivity contribution is 7.13. The molecule has 6 nitrogen and oxygen atoms in total. The Bertz CT molecular complexity index is 484. The molecule has 1 aliphatic heterocycles. The molecule has 122 valence electrons. The summed E-state index contributed by atoms with van der Waals surface area (Å²) in [6, 6.07) is 0. The fourth-order valence-corrected chi connectivity index (χ4v) is 2.93. The van der Waals surface area contributed by atoms with Crippen LogP contribution in [0.4, 0.5) is 5.13 Å². The van der Waals surface area contributed by atoms with Crippen LogP contribution in [0.3, 0.4) is 0 Å². The van der Waals surface area contributed by atoms with E-state index in [4.69, 9.17) is 4.74 Å². The second-order valence-electron chi connectivity index (χ2n) is 5.89. The van der Waals surface area contributed by atoms with Crippen molar-refractivity contribution in [2.75, 3.05) is 25.0 Å². The van der Waals surface area contributed by atoms with Crippen LogP contribution in [0.15, 0.2) is 11.6 Å². The first-order valence-corrected chi connectivity index (χ1v) is 8.51. The quantitative estimate of drug-likeness (QED) is 0.833. The summed E-state index contributed by atoms with van der Waals surface area (Å²) in [5.41, 5.74) is 0. The molecule has 1 fully saturated rings. The third-order valence-electron chi connectivity index (χ3n) is 3.40. The fraction of sp³-hybridized carbons (Fsp3) is 0.667. The normalized spacial score (nSPS) is 17.7. The molecule has 22 heavy (non-hydrogen) atoms. The number of anilines is 1. The number of hydrogen-bond acceptors (Lipinski definition) is 5. The molecule has 0 aliphatic carbocycles. The third-order valence-corrected chi connectivity index (χ3v) is 4.09. The van der Waals surface area contributed by atoms with Gasteiger partial charge in [-0.3, -0.25) is 9.59 Å². The maximum Gasteiger partial charge on any atom is 0.245 e. The summed E-state index contributed by atoms with van der Waals surface area (Å²) in [5.74, 6) is 0.0476. The summed E-state index contributed by atoms with van der Waals surface area (Å²) in [6.07, 6.45) is 4.08. The molecule has 0 radical (unpaired) electrons. The molecule has 0 spiro atoms. The number of thiazole rings is 1. The molecule has 0 bridgehead atoms. The van der Waals surface area contributed by atoms with Gasteiger partial charge in [0.05, 0.1) is 6.10 Å². The lowest BCUT2D eigenvalue weighted by atomic mass is 10.1. The van der Waals surface area contributed by atoms with E-state index in [1.807, 2.05) is 13.8 Å². The summed E-state index contributed by atoms with van der Waals surface area (Å²) in [5, 5.41) is 5.07. The Kier molecular flexibility index (Phi) is 6.33. The predicted octanol–water partition coefficient (Wildman–Crippen LogP) is 2.14. The molecule has 1 atom stereocenters. The van der Waals surface area contributed by atoms with Crippen molar-refractivity contribution in [1.29, 1.82) is 0 Å². The molecule has 1 N–H and O–H groups in total. The van der Waals surface area contributed by atoms with Crippen molar-refractivity contribution >= 4 is 28.3 Å². The number of carbonyl (C=O) groups is 2. The Labute approximate surface area is 134 Å². The van der Waals surface area contributed by atoms with E-state index in [1.165, 1.54) is 11.3 Å². The first-order valence-electron chi connectivity index (χ1n) is 7.63. The smallest absolute Gasteiger partial charge is 0.245 e. The first-order chi connectivity index (χ1) is 10.5. The second kappa shape index (κ2) is 8.24. The van der Waals surface area contributed by atoms with Crippen LogP contribution in [0.25, 0.3) is 0 Å². The van der Waals surface area contributed by atoms with E-state index in [1.54, 1.807) is 16.5 Å². The molecule has 2 heterocycles. The van der Waals surface area contributed by atoms with E-state index in [2.05, 4.69) is 10.3 Å². The maximum atomic E-state index is 12.4. The summed E-state index contributed by atoms with van der Waals surface area (Å²) in [7, 11) is 0. The minimum Gasteiger partial charge on any atom is -0.376 e. The first kappa shape index (κ1) is 16.9. The van der Waals surface area contributed by atoms with Crippen molar-refractivity contribution in [3.8, 4) is 0 Å². The van der Waals surface area contributed by atoms with Crippen molar-refractivity contribution in [2.45, 2.75) is 39.2 Å². The molecule has 0 aromatic carbocycles. The number of nitrogens with one attached hydrogen (secondary N) is 1. The molecule has 1 saturated heterocycles. The van der Waals surface area contributed by atoms with Gasteiger partial charge in [0.15, 0.2) is 5.13 Å². The van der Waals surface area contributed by atoms with Crippen molar-refractivity contribution in [1.82, 2.24) is 9.88 Å². The van der Waals surface area contributed by atoms with Gasteiger partial charge in [0, 0.05) is 31.1 Å². The van der Waals surface area contributed by atoms with Crippen molar-refractivity contribution in [3.05, 3.63) is 11.6 Å². The minimum atomic E-state index is -0.218. The van der Waals surface area contributed by atoms with Crippen LogP contribution in [0, 0.1) is 5.92 Å². The number of rotatable bonds is 7. The standard InChI is InChI=1S/C15H23N3O3S/c1-11(2)8-14(20)18(9-12-4-3-6-21-12)10-13(19)17-15-16-5-7-22-15/h5,7,11-12H,3-4,6,8-10H2,1-2H3,(H,16,17,19)/t12-/m1/s1. The van der Waals surface area contributed by atoms with Gasteiger partial charge in [0.25, 0.3) is 0 Å². The van der Waals surface area contributed by atoms with Gasteiger partial charge in [-0.05, 0) is 18.8 Å². The highest BCUT2D eigenvalue weighted by atomic mass is 32.1. The molecule has 2 rings (SSSR count). The Hall–Kier alpha value is -1.47. The molecule has 0 saturated carbocycles. The van der Waals surface area contributed by atoms with Crippen molar-refractivity contribution < 1.29 is 14.3 Å². The van der Waals surface area contributed by atoms with E-state index >= 15 is 0 Å². The zero-order valence-corrected chi connectivity index (χ0v) is 13.9. The number of amides is 2. The van der Waals surface area contributed by atoms with Crippen molar-refractivity contribution in [2.24, 2.45) is 5.92 Å². The average molecular weight is 325 g/mol. The Morgan fingerprint density at radius 2 is 2.36 bits per heavy atom. The second-order valence-corrected chi connectivity index (χ2v) is 6.79. The summed E-state index contributed by atoms with van der Waals surface area (Å²) in [4.78, 5) is 30.1. The molecule has 1 aromatic heterocycles. The zero-order chi connectivity index (χ0) is 15.9. The van der Waals surface area contributed by atoms with E-state index in [0.29, 0.717) is 18.1 Å². The van der Waals surface area contributed by atoms with Gasteiger partial charge in [-0.25, -0.2) is 4.98 Å². The lowest BCUT2D eigenvalue weighted by Gasteiger charge is -2.25. The highest BCUT2D eigenvalue weighted by Gasteiger charge is 2.24. The van der Waals surface area contributed by atoms with E-state index < -0.39 is 0 Å². The van der Waals surface area contributed by atoms with Crippen LogP contribution in [0.5, 0.6) is 0 Å². The lowest BCUT2D eigenvalue weighted by molar-refractivity contribution is -0.136. The largest absolute Gasteiger partial charge is 0.376 e. The van der Waals surface area contributed by atoms with Gasteiger partial charge < -0.3 is 15.0 Å². The number of aromatic nitrogens is 1. The van der Waals surface area contributed by atoms with Crippen LogP contribution >= 0.6 is 11.3 Å². The number of nitrogens with zero attached hydrogens (tertiary/aromatic N) is 2. The van der Waals surface area contributed by atoms with Crippen LogP contribution in [0.1, 0.15) is 33.1 Å². The topological polar surface area (TPSA) is 71.5 Å². The van der Waals surface area contributed by atoms with Gasteiger partial charge in [-0.15, -0.1) is 11.3 Å². The van der Waals surface area contributed by atoms with Gasteiger partial charge in [0.2, 0.25) is 11.8 Å². The average Bonchev–Trinajstić information content (AvgIpc) is 3.10. The zero-order valence-electron chi connectivity index (χ0n) is 13.1. The SMILES string of the molecule is CC(C)CC(=O)N(CC(=O)Nc1nccs1)C[C@H]1CCCO1. The summed E-state index contributed by atoms with van der Waals surface area (Å²) >= 11 is 1.36. The fourth-order valence-electron chi connectivity index (χ4n) is 2.38. The van der Waals surface area contributed by atoms with Crippen LogP contribution in [0.2, 0.25) is 0 Å².